The number of nitrogens with one attached hydrogen (secondary N) is 1. The molecule has 0 atom stereocenters. The van der Waals surface area contributed by atoms with Crippen LogP contribution in [0.3, 0.4) is 0 Å². The van der Waals surface area contributed by atoms with Gasteiger partial charge in [0.2, 0.25) is 0 Å². The molecule has 0 spiro atoms. The molecule has 106 valence electrons. The van der Waals surface area contributed by atoms with Crippen LogP contribution >= 0.6 is 0 Å². The second-order valence-corrected chi connectivity index (χ2v) is 4.71. The Bertz CT molecular complexity index is 421. The summed E-state index contributed by atoms with van der Waals surface area (Å²) in [7, 11) is 0. The molecule has 0 aliphatic rings. The molecule has 1 amide bonds. The van der Waals surface area contributed by atoms with E-state index < -0.39 is 11.7 Å². The SMILES string of the molecule is CC(C)CCOCCNC(=O)c1cc(F)ccc1O. The van der Waals surface area contributed by atoms with Crippen molar-refractivity contribution >= 4 is 5.91 Å². The first kappa shape index (κ1) is 15.4. The molecule has 0 aliphatic carbocycles. The van der Waals surface area contributed by atoms with Crippen molar-refractivity contribution in [3.63, 3.8) is 0 Å². The van der Waals surface area contributed by atoms with Gasteiger partial charge in [0.15, 0.2) is 0 Å². The van der Waals surface area contributed by atoms with Crippen LogP contribution in [0.15, 0.2) is 18.2 Å². The minimum Gasteiger partial charge on any atom is -0.507 e. The molecule has 0 aliphatic heterocycles. The van der Waals surface area contributed by atoms with Crippen molar-refractivity contribution < 1.29 is 19.0 Å². The number of aromatic hydroxyl groups is 1. The lowest BCUT2D eigenvalue weighted by Crippen LogP contribution is -2.27. The van der Waals surface area contributed by atoms with E-state index in [1.165, 1.54) is 0 Å². The Labute approximate surface area is 112 Å². The van der Waals surface area contributed by atoms with E-state index in [0.29, 0.717) is 25.7 Å². The molecular weight excluding hydrogens is 249 g/mol. The van der Waals surface area contributed by atoms with Gasteiger partial charge < -0.3 is 15.2 Å². The first-order valence-electron chi connectivity index (χ1n) is 6.35. The number of rotatable bonds is 7. The van der Waals surface area contributed by atoms with Crippen LogP contribution in [0.1, 0.15) is 30.6 Å². The van der Waals surface area contributed by atoms with Crippen LogP contribution in [0.25, 0.3) is 0 Å². The van der Waals surface area contributed by atoms with Gasteiger partial charge in [-0.25, -0.2) is 4.39 Å². The number of carbonyl (C=O) groups is 1. The molecule has 5 heteroatoms. The van der Waals surface area contributed by atoms with Crippen molar-refractivity contribution in [1.29, 1.82) is 0 Å². The molecule has 19 heavy (non-hydrogen) atoms. The van der Waals surface area contributed by atoms with Crippen molar-refractivity contribution in [3.05, 3.63) is 29.6 Å². The van der Waals surface area contributed by atoms with Crippen molar-refractivity contribution in [2.24, 2.45) is 5.92 Å². The van der Waals surface area contributed by atoms with Gasteiger partial charge in [-0.15, -0.1) is 0 Å². The zero-order chi connectivity index (χ0) is 14.3. The number of ether oxygens (including phenoxy) is 1. The predicted molar refractivity (Wildman–Crippen MR) is 70.7 cm³/mol. The molecule has 0 saturated heterocycles. The van der Waals surface area contributed by atoms with Crippen LogP contribution < -0.4 is 5.32 Å². The van der Waals surface area contributed by atoms with Crippen molar-refractivity contribution in [2.45, 2.75) is 20.3 Å². The van der Waals surface area contributed by atoms with Crippen LogP contribution in [-0.4, -0.2) is 30.8 Å². The molecule has 4 nitrogen and oxygen atoms in total. The summed E-state index contributed by atoms with van der Waals surface area (Å²) in [6.45, 7) is 5.59. The van der Waals surface area contributed by atoms with Crippen LogP contribution in [0, 0.1) is 11.7 Å². The number of phenolic OH excluding ortho intramolecular Hbond substituents is 1. The Balaban J connectivity index is 2.29. The highest BCUT2D eigenvalue weighted by atomic mass is 19.1. The fourth-order valence-corrected chi connectivity index (χ4v) is 1.44. The number of benzene rings is 1. The molecule has 0 aromatic heterocycles. The largest absolute Gasteiger partial charge is 0.507 e. The Morgan fingerprint density at radius 3 is 2.84 bits per heavy atom. The first-order valence-corrected chi connectivity index (χ1v) is 6.35. The lowest BCUT2D eigenvalue weighted by atomic mass is 10.1. The number of hydrogen-bond acceptors (Lipinski definition) is 3. The lowest BCUT2D eigenvalue weighted by molar-refractivity contribution is 0.0903. The molecule has 1 aromatic carbocycles. The predicted octanol–water partition coefficient (Wildman–Crippen LogP) is 2.32. The minimum absolute atomic E-state index is 0.0674. The third kappa shape index (κ3) is 5.70. The van der Waals surface area contributed by atoms with Crippen molar-refractivity contribution in [1.82, 2.24) is 5.32 Å². The summed E-state index contributed by atoms with van der Waals surface area (Å²) in [5, 5.41) is 12.0. The summed E-state index contributed by atoms with van der Waals surface area (Å²) in [6.07, 6.45) is 0.971. The third-order valence-electron chi connectivity index (χ3n) is 2.57. The molecule has 1 aromatic rings. The highest BCUT2D eigenvalue weighted by molar-refractivity contribution is 5.96. The fraction of sp³-hybridized carbons (Fsp3) is 0.500. The van der Waals surface area contributed by atoms with E-state index in [-0.39, 0.29) is 11.3 Å². The van der Waals surface area contributed by atoms with E-state index in [0.717, 1.165) is 24.6 Å². The molecule has 0 bridgehead atoms. The molecule has 1 rings (SSSR count). The Kier molecular flexibility index (Phi) is 6.29. The van der Waals surface area contributed by atoms with E-state index >= 15 is 0 Å². The Morgan fingerprint density at radius 2 is 2.16 bits per heavy atom. The fourth-order valence-electron chi connectivity index (χ4n) is 1.44. The molecule has 0 radical (unpaired) electrons. The molecule has 0 heterocycles. The second kappa shape index (κ2) is 7.74. The maximum atomic E-state index is 13.0. The smallest absolute Gasteiger partial charge is 0.255 e. The monoisotopic (exact) mass is 269 g/mol. The summed E-state index contributed by atoms with van der Waals surface area (Å²) in [6, 6.07) is 3.26. The summed E-state index contributed by atoms with van der Waals surface area (Å²) < 4.78 is 18.3. The van der Waals surface area contributed by atoms with Gasteiger partial charge in [-0.3, -0.25) is 4.79 Å². The Morgan fingerprint density at radius 1 is 1.42 bits per heavy atom. The van der Waals surface area contributed by atoms with E-state index in [2.05, 4.69) is 19.2 Å². The summed E-state index contributed by atoms with van der Waals surface area (Å²) in [5.41, 5.74) is -0.0674. The minimum atomic E-state index is -0.559. The zero-order valence-corrected chi connectivity index (χ0v) is 11.3. The average Bonchev–Trinajstić information content (AvgIpc) is 2.36. The number of halogens is 1. The first-order chi connectivity index (χ1) is 9.00. The number of phenols is 1. The van der Waals surface area contributed by atoms with Gasteiger partial charge in [0.25, 0.3) is 5.91 Å². The maximum Gasteiger partial charge on any atom is 0.255 e. The van der Waals surface area contributed by atoms with Gasteiger partial charge in [-0.2, -0.15) is 0 Å². The Hall–Kier alpha value is -1.62. The summed E-state index contributed by atoms with van der Waals surface area (Å²) in [5.74, 6) is -0.723. The summed E-state index contributed by atoms with van der Waals surface area (Å²) >= 11 is 0. The molecule has 0 fully saturated rings. The van der Waals surface area contributed by atoms with Gasteiger partial charge in [-0.05, 0) is 30.5 Å². The van der Waals surface area contributed by atoms with Crippen molar-refractivity contribution in [2.75, 3.05) is 19.8 Å². The highest BCUT2D eigenvalue weighted by Crippen LogP contribution is 2.17. The van der Waals surface area contributed by atoms with Gasteiger partial charge in [0.1, 0.15) is 11.6 Å². The standard InChI is InChI=1S/C14H20FNO3/c1-10(2)5-7-19-8-6-16-14(18)12-9-11(15)3-4-13(12)17/h3-4,9-10,17H,5-8H2,1-2H3,(H,16,18). The van der Waals surface area contributed by atoms with E-state index in [4.69, 9.17) is 4.74 Å². The van der Waals surface area contributed by atoms with Crippen LogP contribution in [0.5, 0.6) is 5.75 Å². The van der Waals surface area contributed by atoms with Crippen LogP contribution in [0.2, 0.25) is 0 Å². The van der Waals surface area contributed by atoms with E-state index in [9.17, 15) is 14.3 Å². The molecule has 0 saturated carbocycles. The topological polar surface area (TPSA) is 58.6 Å². The van der Waals surface area contributed by atoms with Crippen LogP contribution in [-0.2, 0) is 4.74 Å². The number of carbonyl (C=O) groups excluding carboxylic acids is 1. The van der Waals surface area contributed by atoms with Crippen molar-refractivity contribution in [3.8, 4) is 5.75 Å². The number of hydrogen-bond donors (Lipinski definition) is 2. The zero-order valence-electron chi connectivity index (χ0n) is 11.3. The van der Waals surface area contributed by atoms with Gasteiger partial charge in [0.05, 0.1) is 12.2 Å². The van der Waals surface area contributed by atoms with E-state index in [1.54, 1.807) is 0 Å². The van der Waals surface area contributed by atoms with Crippen LogP contribution in [0.4, 0.5) is 4.39 Å². The number of amides is 1. The maximum absolute atomic E-state index is 13.0. The van der Waals surface area contributed by atoms with E-state index in [1.807, 2.05) is 0 Å². The molecule has 0 unspecified atom stereocenters. The average molecular weight is 269 g/mol. The highest BCUT2D eigenvalue weighted by Gasteiger charge is 2.11. The molecular formula is C14H20FNO3. The second-order valence-electron chi connectivity index (χ2n) is 4.71. The quantitative estimate of drug-likeness (QED) is 0.747. The van der Waals surface area contributed by atoms with Gasteiger partial charge in [0, 0.05) is 13.2 Å². The third-order valence-corrected chi connectivity index (χ3v) is 2.57. The van der Waals surface area contributed by atoms with Gasteiger partial charge >= 0.3 is 0 Å². The van der Waals surface area contributed by atoms with Gasteiger partial charge in [-0.1, -0.05) is 13.8 Å². The molecule has 2 N–H and O–H groups in total. The summed E-state index contributed by atoms with van der Waals surface area (Å²) in [4.78, 5) is 11.7. The normalized spacial score (nSPS) is 10.7. The lowest BCUT2D eigenvalue weighted by Gasteiger charge is -2.08.